The maximum atomic E-state index is 12.2. The molecule has 0 radical (unpaired) electrons. The highest BCUT2D eigenvalue weighted by Crippen LogP contribution is 2.18. The Morgan fingerprint density at radius 2 is 2.25 bits per heavy atom. The molecule has 2 rings (SSSR count). The van der Waals surface area contributed by atoms with Gasteiger partial charge in [0, 0.05) is 29.8 Å². The maximum absolute atomic E-state index is 12.2. The lowest BCUT2D eigenvalue weighted by Gasteiger charge is -2.32. The van der Waals surface area contributed by atoms with E-state index in [4.69, 9.17) is 11.6 Å². The highest BCUT2D eigenvalue weighted by molar-refractivity contribution is 6.30. The van der Waals surface area contributed by atoms with Crippen molar-refractivity contribution in [2.45, 2.75) is 25.8 Å². The number of rotatable bonds is 4. The predicted molar refractivity (Wildman–Crippen MR) is 83.3 cm³/mol. The van der Waals surface area contributed by atoms with Gasteiger partial charge in [-0.25, -0.2) is 0 Å². The average Bonchev–Trinajstić information content (AvgIpc) is 2.44. The fourth-order valence-corrected chi connectivity index (χ4v) is 2.86. The van der Waals surface area contributed by atoms with Gasteiger partial charge in [-0.05, 0) is 50.6 Å². The summed E-state index contributed by atoms with van der Waals surface area (Å²) in [7, 11) is 1.95. The SMILES string of the molecule is CNC1CCCN(C(=O)CNc2cc(C)cc(Cl)c2)C1. The van der Waals surface area contributed by atoms with E-state index in [1.165, 1.54) is 0 Å². The van der Waals surface area contributed by atoms with Crippen molar-refractivity contribution >= 4 is 23.2 Å². The van der Waals surface area contributed by atoms with Gasteiger partial charge in [0.1, 0.15) is 0 Å². The van der Waals surface area contributed by atoms with Crippen molar-refractivity contribution in [3.8, 4) is 0 Å². The second kappa shape index (κ2) is 6.95. The van der Waals surface area contributed by atoms with E-state index in [9.17, 15) is 4.79 Å². The monoisotopic (exact) mass is 295 g/mol. The number of benzene rings is 1. The zero-order valence-corrected chi connectivity index (χ0v) is 12.8. The van der Waals surface area contributed by atoms with Crippen molar-refractivity contribution in [3.63, 3.8) is 0 Å². The summed E-state index contributed by atoms with van der Waals surface area (Å²) >= 11 is 6.01. The molecular formula is C15H22ClN3O. The van der Waals surface area contributed by atoms with Gasteiger partial charge < -0.3 is 15.5 Å². The van der Waals surface area contributed by atoms with Crippen LogP contribution in [0.25, 0.3) is 0 Å². The van der Waals surface area contributed by atoms with Crippen molar-refractivity contribution in [2.24, 2.45) is 0 Å². The molecule has 1 amide bonds. The first-order valence-electron chi connectivity index (χ1n) is 7.04. The van der Waals surface area contributed by atoms with Gasteiger partial charge in [-0.2, -0.15) is 0 Å². The molecule has 0 saturated carbocycles. The van der Waals surface area contributed by atoms with Gasteiger partial charge in [-0.15, -0.1) is 0 Å². The number of amides is 1. The molecule has 1 aromatic carbocycles. The molecule has 1 unspecified atom stereocenters. The summed E-state index contributed by atoms with van der Waals surface area (Å²) < 4.78 is 0. The molecule has 4 nitrogen and oxygen atoms in total. The molecule has 1 fully saturated rings. The summed E-state index contributed by atoms with van der Waals surface area (Å²) in [5.41, 5.74) is 1.98. The van der Waals surface area contributed by atoms with Crippen LogP contribution in [0.2, 0.25) is 5.02 Å². The number of carbonyl (C=O) groups excluding carboxylic acids is 1. The normalized spacial score (nSPS) is 18.9. The number of hydrogen-bond acceptors (Lipinski definition) is 3. The fourth-order valence-electron chi connectivity index (χ4n) is 2.57. The van der Waals surface area contributed by atoms with Gasteiger partial charge in [0.25, 0.3) is 0 Å². The first-order valence-corrected chi connectivity index (χ1v) is 7.42. The van der Waals surface area contributed by atoms with Gasteiger partial charge in [0.05, 0.1) is 6.54 Å². The molecule has 0 bridgehead atoms. The molecular weight excluding hydrogens is 274 g/mol. The first kappa shape index (κ1) is 15.1. The number of likely N-dealkylation sites (tertiary alicyclic amines) is 1. The Morgan fingerprint density at radius 1 is 1.45 bits per heavy atom. The third kappa shape index (κ3) is 4.12. The molecule has 1 aromatic rings. The smallest absolute Gasteiger partial charge is 0.241 e. The second-order valence-electron chi connectivity index (χ2n) is 5.34. The topological polar surface area (TPSA) is 44.4 Å². The van der Waals surface area contributed by atoms with Crippen LogP contribution in [0.15, 0.2) is 18.2 Å². The molecule has 1 aliphatic rings. The quantitative estimate of drug-likeness (QED) is 0.896. The Balaban J connectivity index is 1.88. The average molecular weight is 296 g/mol. The van der Waals surface area contributed by atoms with Crippen LogP contribution in [-0.2, 0) is 4.79 Å². The molecule has 2 N–H and O–H groups in total. The van der Waals surface area contributed by atoms with Crippen molar-refractivity contribution < 1.29 is 4.79 Å². The lowest BCUT2D eigenvalue weighted by Crippen LogP contribution is -2.48. The van der Waals surface area contributed by atoms with Crippen LogP contribution in [0.1, 0.15) is 18.4 Å². The number of aryl methyl sites for hydroxylation is 1. The standard InChI is InChI=1S/C15H22ClN3O/c1-11-6-12(16)8-14(7-11)18-9-15(20)19-5-3-4-13(10-19)17-2/h6-8,13,17-18H,3-5,9-10H2,1-2H3. The third-order valence-corrected chi connectivity index (χ3v) is 3.89. The fraction of sp³-hybridized carbons (Fsp3) is 0.533. The minimum atomic E-state index is 0.141. The Bertz CT molecular complexity index is 458. The molecule has 5 heteroatoms. The molecule has 1 atom stereocenters. The number of anilines is 1. The number of nitrogens with zero attached hydrogens (tertiary/aromatic N) is 1. The van der Waals surface area contributed by atoms with Crippen molar-refractivity contribution in [1.82, 2.24) is 10.2 Å². The summed E-state index contributed by atoms with van der Waals surface area (Å²) in [6.45, 7) is 3.95. The molecule has 0 aromatic heterocycles. The van der Waals surface area contributed by atoms with Gasteiger partial charge >= 0.3 is 0 Å². The Labute approximate surface area is 125 Å². The number of hydrogen-bond donors (Lipinski definition) is 2. The predicted octanol–water partition coefficient (Wildman–Crippen LogP) is 2.27. The molecule has 1 heterocycles. The van der Waals surface area contributed by atoms with Crippen LogP contribution in [0.5, 0.6) is 0 Å². The van der Waals surface area contributed by atoms with E-state index >= 15 is 0 Å². The van der Waals surface area contributed by atoms with E-state index in [-0.39, 0.29) is 5.91 Å². The van der Waals surface area contributed by atoms with E-state index in [0.29, 0.717) is 17.6 Å². The Hall–Kier alpha value is -1.26. The summed E-state index contributed by atoms with van der Waals surface area (Å²) in [6.07, 6.45) is 2.20. The van der Waals surface area contributed by atoms with Crippen molar-refractivity contribution in [3.05, 3.63) is 28.8 Å². The molecule has 110 valence electrons. The summed E-state index contributed by atoms with van der Waals surface area (Å²) in [5.74, 6) is 0.141. The number of piperidine rings is 1. The largest absolute Gasteiger partial charge is 0.376 e. The Morgan fingerprint density at radius 3 is 2.95 bits per heavy atom. The van der Waals surface area contributed by atoms with E-state index in [1.807, 2.05) is 37.1 Å². The van der Waals surface area contributed by atoms with Crippen molar-refractivity contribution in [1.29, 1.82) is 0 Å². The highest BCUT2D eigenvalue weighted by atomic mass is 35.5. The third-order valence-electron chi connectivity index (χ3n) is 3.67. The Kier molecular flexibility index (Phi) is 5.26. The van der Waals surface area contributed by atoms with Crippen LogP contribution < -0.4 is 10.6 Å². The van der Waals surface area contributed by atoms with Gasteiger partial charge in [0.15, 0.2) is 0 Å². The highest BCUT2D eigenvalue weighted by Gasteiger charge is 2.22. The lowest BCUT2D eigenvalue weighted by atomic mass is 10.1. The van der Waals surface area contributed by atoms with Gasteiger partial charge in [0.2, 0.25) is 5.91 Å². The van der Waals surface area contributed by atoms with Crippen molar-refractivity contribution in [2.75, 3.05) is 32.0 Å². The molecule has 0 spiro atoms. The van der Waals surface area contributed by atoms with E-state index in [2.05, 4.69) is 10.6 Å². The zero-order valence-electron chi connectivity index (χ0n) is 12.1. The number of halogens is 1. The van der Waals surface area contributed by atoms with Crippen LogP contribution in [-0.4, -0.2) is 43.5 Å². The van der Waals surface area contributed by atoms with Crippen LogP contribution in [0, 0.1) is 6.92 Å². The number of nitrogens with one attached hydrogen (secondary N) is 2. The second-order valence-corrected chi connectivity index (χ2v) is 5.77. The van der Waals surface area contributed by atoms with Crippen LogP contribution in [0.4, 0.5) is 5.69 Å². The zero-order chi connectivity index (χ0) is 14.5. The molecule has 1 saturated heterocycles. The van der Waals surface area contributed by atoms with E-state index < -0.39 is 0 Å². The molecule has 0 aliphatic carbocycles. The minimum Gasteiger partial charge on any atom is -0.376 e. The summed E-state index contributed by atoms with van der Waals surface area (Å²) in [6, 6.07) is 6.15. The minimum absolute atomic E-state index is 0.141. The molecule has 1 aliphatic heterocycles. The first-order chi connectivity index (χ1) is 9.58. The number of likely N-dealkylation sites (N-methyl/N-ethyl adjacent to an activating group) is 1. The molecule has 20 heavy (non-hydrogen) atoms. The van der Waals surface area contributed by atoms with E-state index in [0.717, 1.165) is 37.2 Å². The lowest BCUT2D eigenvalue weighted by molar-refractivity contribution is -0.130. The van der Waals surface area contributed by atoms with Gasteiger partial charge in [-0.3, -0.25) is 4.79 Å². The van der Waals surface area contributed by atoms with Gasteiger partial charge in [-0.1, -0.05) is 11.6 Å². The van der Waals surface area contributed by atoms with E-state index in [1.54, 1.807) is 0 Å². The summed E-state index contributed by atoms with van der Waals surface area (Å²) in [5, 5.41) is 7.09. The maximum Gasteiger partial charge on any atom is 0.241 e. The summed E-state index contributed by atoms with van der Waals surface area (Å²) in [4.78, 5) is 14.1. The van der Waals surface area contributed by atoms with Crippen LogP contribution >= 0.6 is 11.6 Å². The number of carbonyl (C=O) groups is 1. The van der Waals surface area contributed by atoms with Crippen LogP contribution in [0.3, 0.4) is 0 Å².